The number of hydrogen-bond acceptors (Lipinski definition) is 7. The van der Waals surface area contributed by atoms with Crippen LogP contribution in [0.5, 0.6) is 0 Å². The van der Waals surface area contributed by atoms with Crippen molar-refractivity contribution in [2.24, 2.45) is 11.7 Å². The maximum Gasteiger partial charge on any atom is 0.269 e. The van der Waals surface area contributed by atoms with Gasteiger partial charge in [0.15, 0.2) is 0 Å². The average Bonchev–Trinajstić information content (AvgIpc) is 3.26. The normalized spacial score (nSPS) is 14.4. The zero-order valence-electron chi connectivity index (χ0n) is 20.1. The van der Waals surface area contributed by atoms with E-state index in [9.17, 15) is 19.1 Å². The molecule has 0 spiro atoms. The van der Waals surface area contributed by atoms with Crippen molar-refractivity contribution in [1.82, 2.24) is 10.3 Å². The molecule has 0 bridgehead atoms. The van der Waals surface area contributed by atoms with Crippen LogP contribution in [0.1, 0.15) is 53.1 Å². The van der Waals surface area contributed by atoms with Crippen LogP contribution in [-0.2, 0) is 10.3 Å². The van der Waals surface area contributed by atoms with E-state index in [0.29, 0.717) is 46.9 Å². The number of aliphatic hydroxyl groups is 1. The van der Waals surface area contributed by atoms with Gasteiger partial charge in [0.1, 0.15) is 22.3 Å². The van der Waals surface area contributed by atoms with Crippen LogP contribution >= 0.6 is 11.3 Å². The van der Waals surface area contributed by atoms with Crippen molar-refractivity contribution in [3.05, 3.63) is 65.1 Å². The fourth-order valence-electron chi connectivity index (χ4n) is 3.92. The largest absolute Gasteiger partial charge is 0.386 e. The van der Waals surface area contributed by atoms with Gasteiger partial charge in [-0.05, 0) is 62.4 Å². The van der Waals surface area contributed by atoms with Gasteiger partial charge in [-0.3, -0.25) is 9.59 Å². The number of nitrogens with zero attached hydrogens (tertiary/aromatic N) is 1. The molecule has 10 heteroatoms. The summed E-state index contributed by atoms with van der Waals surface area (Å²) in [4.78, 5) is 29.6. The molecule has 0 saturated carbocycles. The molecule has 1 fully saturated rings. The Balaban J connectivity index is 1.53. The Bertz CT molecular complexity index is 1270. The molecule has 2 amide bonds. The summed E-state index contributed by atoms with van der Waals surface area (Å²) in [5.41, 5.74) is 5.51. The number of carbonyl (C=O) groups excluding carboxylic acids is 2. The van der Waals surface area contributed by atoms with E-state index in [4.69, 9.17) is 10.5 Å². The van der Waals surface area contributed by atoms with Gasteiger partial charge in [0.05, 0.1) is 11.2 Å². The molecule has 1 aromatic carbocycles. The smallest absolute Gasteiger partial charge is 0.269 e. The topological polar surface area (TPSA) is 127 Å². The van der Waals surface area contributed by atoms with Crippen LogP contribution in [0.3, 0.4) is 0 Å². The number of carbonyl (C=O) groups is 2. The Morgan fingerprint density at radius 2 is 1.97 bits per heavy atom. The number of rotatable bonds is 8. The minimum absolute atomic E-state index is 0.178. The maximum atomic E-state index is 14.9. The molecule has 0 unspecified atom stereocenters. The molecule has 1 aliphatic rings. The first-order valence-electron chi connectivity index (χ1n) is 11.7. The number of pyridine rings is 1. The molecule has 3 heterocycles. The predicted octanol–water partition coefficient (Wildman–Crippen LogP) is 4.18. The van der Waals surface area contributed by atoms with Gasteiger partial charge in [0, 0.05) is 30.2 Å². The van der Waals surface area contributed by atoms with E-state index >= 15 is 0 Å². The van der Waals surface area contributed by atoms with Crippen molar-refractivity contribution in [2.75, 3.05) is 25.1 Å². The fraction of sp³-hybridized carbons (Fsp3) is 0.346. The number of primary amides is 1. The molecule has 2 aromatic heterocycles. The van der Waals surface area contributed by atoms with E-state index < -0.39 is 17.3 Å². The minimum Gasteiger partial charge on any atom is -0.386 e. The van der Waals surface area contributed by atoms with Gasteiger partial charge in [-0.15, -0.1) is 11.3 Å². The van der Waals surface area contributed by atoms with Crippen molar-refractivity contribution in [3.63, 3.8) is 0 Å². The second-order valence-corrected chi connectivity index (χ2v) is 10.3. The number of hydrogen-bond donors (Lipinski definition) is 4. The number of nitrogens with two attached hydrogens (primary N) is 1. The van der Waals surface area contributed by atoms with Crippen molar-refractivity contribution in [2.45, 2.75) is 32.3 Å². The van der Waals surface area contributed by atoms with E-state index in [1.807, 2.05) is 0 Å². The minimum atomic E-state index is -1.19. The molecule has 8 nitrogen and oxygen atoms in total. The third kappa shape index (κ3) is 6.07. The molecular weight excluding hydrogens is 483 g/mol. The Kier molecular flexibility index (Phi) is 7.67. The van der Waals surface area contributed by atoms with Crippen molar-refractivity contribution >= 4 is 34.0 Å². The first-order valence-corrected chi connectivity index (χ1v) is 12.5. The lowest BCUT2D eigenvalue weighted by Gasteiger charge is -2.22. The standard InChI is InChI=1S/C26H29FN4O4S/c1-26(2,34)16-6-7-17(19(27)12-16)21-13-18(23(28)32)25(36-21)31-22-5-3-4-20(30-22)24(33)29-14-15-8-10-35-11-9-15/h3-7,12-13,15,34H,8-11,14H2,1-2H3,(H2,28,32)(H,29,33)(H,30,31). The number of aromatic nitrogens is 1. The highest BCUT2D eigenvalue weighted by molar-refractivity contribution is 7.20. The van der Waals surface area contributed by atoms with Gasteiger partial charge >= 0.3 is 0 Å². The molecule has 0 radical (unpaired) electrons. The van der Waals surface area contributed by atoms with E-state index in [2.05, 4.69) is 15.6 Å². The lowest BCUT2D eigenvalue weighted by molar-refractivity contribution is 0.0642. The third-order valence-electron chi connectivity index (χ3n) is 6.05. The Morgan fingerprint density at radius 3 is 2.64 bits per heavy atom. The molecule has 3 aromatic rings. The summed E-state index contributed by atoms with van der Waals surface area (Å²) in [5.74, 6) is -0.771. The van der Waals surface area contributed by atoms with Gasteiger partial charge in [0.25, 0.3) is 11.8 Å². The van der Waals surface area contributed by atoms with E-state index in [-0.39, 0.29) is 22.7 Å². The van der Waals surface area contributed by atoms with Crippen LogP contribution in [0, 0.1) is 11.7 Å². The fourth-order valence-corrected chi connectivity index (χ4v) is 5.02. The van der Waals surface area contributed by atoms with Gasteiger partial charge in [-0.2, -0.15) is 0 Å². The molecule has 0 aliphatic carbocycles. The molecule has 0 atom stereocenters. The number of ether oxygens (including phenoxy) is 1. The Labute approximate surface area is 212 Å². The van der Waals surface area contributed by atoms with Crippen molar-refractivity contribution in [1.29, 1.82) is 0 Å². The second-order valence-electron chi connectivity index (χ2n) is 9.27. The average molecular weight is 513 g/mol. The molecule has 4 rings (SSSR count). The molecular formula is C26H29FN4O4S. The number of amides is 2. The number of nitrogens with one attached hydrogen (secondary N) is 2. The van der Waals surface area contributed by atoms with Gasteiger partial charge < -0.3 is 26.2 Å². The first kappa shape index (κ1) is 25.7. The van der Waals surface area contributed by atoms with Crippen LogP contribution in [0.25, 0.3) is 10.4 Å². The summed E-state index contributed by atoms with van der Waals surface area (Å²) < 4.78 is 20.2. The number of thiophene rings is 1. The number of anilines is 2. The Hall–Kier alpha value is -3.34. The first-order chi connectivity index (χ1) is 17.1. The van der Waals surface area contributed by atoms with E-state index in [1.54, 1.807) is 44.2 Å². The lowest BCUT2D eigenvalue weighted by Crippen LogP contribution is -2.32. The highest BCUT2D eigenvalue weighted by Crippen LogP contribution is 2.38. The van der Waals surface area contributed by atoms with E-state index in [0.717, 1.165) is 24.2 Å². The maximum absolute atomic E-state index is 14.9. The predicted molar refractivity (Wildman–Crippen MR) is 137 cm³/mol. The summed E-state index contributed by atoms with van der Waals surface area (Å²) in [7, 11) is 0. The zero-order valence-corrected chi connectivity index (χ0v) is 21.0. The molecule has 1 saturated heterocycles. The number of halogens is 1. The van der Waals surface area contributed by atoms with E-state index in [1.165, 1.54) is 12.1 Å². The Morgan fingerprint density at radius 1 is 1.22 bits per heavy atom. The zero-order chi connectivity index (χ0) is 25.9. The molecule has 1 aliphatic heterocycles. The summed E-state index contributed by atoms with van der Waals surface area (Å²) in [6, 6.07) is 10.9. The van der Waals surface area contributed by atoms with Crippen LogP contribution in [0.15, 0.2) is 42.5 Å². The molecule has 36 heavy (non-hydrogen) atoms. The van der Waals surface area contributed by atoms with Gasteiger partial charge in [-0.1, -0.05) is 18.2 Å². The van der Waals surface area contributed by atoms with Gasteiger partial charge in [0.2, 0.25) is 0 Å². The number of benzene rings is 1. The van der Waals surface area contributed by atoms with Crippen molar-refractivity contribution < 1.29 is 23.8 Å². The highest BCUT2D eigenvalue weighted by Gasteiger charge is 2.21. The van der Waals surface area contributed by atoms with Crippen molar-refractivity contribution in [3.8, 4) is 10.4 Å². The monoisotopic (exact) mass is 512 g/mol. The summed E-state index contributed by atoms with van der Waals surface area (Å²) >= 11 is 1.14. The molecule has 5 N–H and O–H groups in total. The van der Waals surface area contributed by atoms with Crippen LogP contribution in [0.2, 0.25) is 0 Å². The molecule has 190 valence electrons. The third-order valence-corrected chi connectivity index (χ3v) is 7.14. The summed E-state index contributed by atoms with van der Waals surface area (Å²) in [6.07, 6.45) is 1.82. The van der Waals surface area contributed by atoms with Gasteiger partial charge in [-0.25, -0.2) is 9.37 Å². The van der Waals surface area contributed by atoms with Crippen LogP contribution in [0.4, 0.5) is 15.2 Å². The van der Waals surface area contributed by atoms with Crippen LogP contribution < -0.4 is 16.4 Å². The lowest BCUT2D eigenvalue weighted by atomic mass is 9.96. The summed E-state index contributed by atoms with van der Waals surface area (Å²) in [5, 5.41) is 16.5. The highest BCUT2D eigenvalue weighted by atomic mass is 32.1. The quantitative estimate of drug-likeness (QED) is 0.359. The SMILES string of the molecule is CC(C)(O)c1ccc(-c2cc(C(N)=O)c(Nc3cccc(C(=O)NCC4CCOCC4)n3)s2)c(F)c1. The van der Waals surface area contributed by atoms with Crippen LogP contribution in [-0.4, -0.2) is 41.7 Å². The summed E-state index contributed by atoms with van der Waals surface area (Å²) in [6.45, 7) is 5.12. The second kappa shape index (κ2) is 10.7.